The van der Waals surface area contributed by atoms with E-state index in [9.17, 15) is 0 Å². The molecule has 20 heteroatoms. The molecule has 0 aliphatic carbocycles. The lowest BCUT2D eigenvalue weighted by atomic mass is 9.86. The summed E-state index contributed by atoms with van der Waals surface area (Å²) in [7, 11) is -16.5. The Labute approximate surface area is 626 Å². The van der Waals surface area contributed by atoms with Crippen LogP contribution in [0.3, 0.4) is 0 Å². The van der Waals surface area contributed by atoms with E-state index in [2.05, 4.69) is 141 Å². The van der Waals surface area contributed by atoms with Crippen LogP contribution in [0.15, 0.2) is 104 Å². The molecule has 0 radical (unpaired) electrons. The molecule has 4 aromatic carbocycles. The maximum absolute atomic E-state index is 15.3. The average molecular weight is 1500 g/mol. The summed E-state index contributed by atoms with van der Waals surface area (Å²) in [5.41, 5.74) is 18.9. The van der Waals surface area contributed by atoms with Gasteiger partial charge in [0.2, 0.25) is 62.9 Å². The monoisotopic (exact) mass is 1500 g/mol. The summed E-state index contributed by atoms with van der Waals surface area (Å²) in [6, 6.07) is 16.5. The second-order valence-corrected chi connectivity index (χ2v) is 37.5. The first kappa shape index (κ1) is 77.7. The zero-order valence-corrected chi connectivity index (χ0v) is 69.0. The molecule has 0 atom stereocenters. The summed E-state index contributed by atoms with van der Waals surface area (Å²) in [5, 5.41) is 1.54. The van der Waals surface area contributed by atoms with Gasteiger partial charge < -0.3 is 0 Å². The highest BCUT2D eigenvalue weighted by molar-refractivity contribution is 7.90. The molecule has 0 amide bonds. The molecule has 4 N–H and O–H groups in total. The Morgan fingerprint density at radius 1 is 0.333 bits per heavy atom. The van der Waals surface area contributed by atoms with Crippen molar-refractivity contribution < 1.29 is 42.8 Å². The Bertz CT molecular complexity index is 5140. The van der Waals surface area contributed by atoms with E-state index in [-0.39, 0.29) is 45.8 Å². The minimum absolute atomic E-state index is 0.213. The van der Waals surface area contributed by atoms with Crippen molar-refractivity contribution in [2.24, 2.45) is 23.7 Å². The molecule has 6 aromatic rings. The van der Waals surface area contributed by atoms with Crippen molar-refractivity contribution in [3.8, 4) is 0 Å². The highest BCUT2D eigenvalue weighted by Crippen LogP contribution is 2.56. The first-order valence-electron chi connectivity index (χ1n) is 38.6. The molecule has 8 heterocycles. The molecule has 12 rings (SSSR count). The molecule has 562 valence electrons. The maximum Gasteiger partial charge on any atom is 0.553 e. The van der Waals surface area contributed by atoms with Gasteiger partial charge in [-0.15, -0.1) is 0 Å². The van der Waals surface area contributed by atoms with Gasteiger partial charge in [-0.2, -0.15) is 9.13 Å². The standard InChI is InChI=1S/C85H112N8O8S4/c1-21-61(22-2)37-41-86-102(94,95)81-53(13)45-49(9)73(57(81)17)77-65-29-31-67-78(74-50(10)46-54(14)82(58(74)18)103(96,97)87-42-38-62(23-3)24-4)69-33-35-71-80(76-52(12)48-56(16)84(60(76)20)105(100,101)89-44-40-64(27-7)28-8)72-36-34-70-79(68-32-30-66(77)91(68)85(90(65)67,92(69)71)93(70)72)75-51(11)47-55(15)83(59(75)19)104(98,99)88-43-39-63(25-5)26-6/h29-36,45-48,61-64,86-89H,21-28,37-44H2,1-20H3/q+2. The minimum Gasteiger partial charge on any atom is -0.211 e. The van der Waals surface area contributed by atoms with Crippen LogP contribution in [0.5, 0.6) is 0 Å². The molecule has 1 spiro atoms. The van der Waals surface area contributed by atoms with Crippen LogP contribution < -0.4 is 29.6 Å². The van der Waals surface area contributed by atoms with Crippen LogP contribution in [-0.4, -0.2) is 89.6 Å². The van der Waals surface area contributed by atoms with E-state index in [0.717, 1.165) is 163 Å². The Balaban J connectivity index is 1.25. The first-order chi connectivity index (χ1) is 49.7. The van der Waals surface area contributed by atoms with Crippen molar-refractivity contribution in [3.05, 3.63) is 195 Å². The fourth-order valence-electron chi connectivity index (χ4n) is 19.3. The molecular formula is C85H112N8O8S4+2. The molecule has 0 saturated carbocycles. The van der Waals surface area contributed by atoms with Crippen molar-refractivity contribution in [2.45, 2.75) is 241 Å². The van der Waals surface area contributed by atoms with Crippen molar-refractivity contribution in [1.82, 2.24) is 28.0 Å². The number of aromatic nitrogens is 2. The molecule has 6 aliphatic rings. The molecule has 6 aliphatic heterocycles. The van der Waals surface area contributed by atoms with Gasteiger partial charge in [-0.3, -0.25) is 0 Å². The van der Waals surface area contributed by atoms with Crippen LogP contribution in [0.2, 0.25) is 0 Å². The van der Waals surface area contributed by atoms with Crippen molar-refractivity contribution in [3.63, 3.8) is 0 Å². The van der Waals surface area contributed by atoms with Crippen LogP contribution in [0, 0.1) is 107 Å². The van der Waals surface area contributed by atoms with Crippen LogP contribution in [-0.2, 0) is 46.0 Å². The smallest absolute Gasteiger partial charge is 0.211 e. The average Bonchev–Trinajstić information content (AvgIpc) is 1.46. The number of rotatable bonds is 32. The lowest BCUT2D eigenvalue weighted by Gasteiger charge is -2.42. The van der Waals surface area contributed by atoms with Gasteiger partial charge in [0.05, 0.1) is 64.0 Å². The molecule has 16 nitrogen and oxygen atoms in total. The van der Waals surface area contributed by atoms with Gasteiger partial charge in [0.1, 0.15) is 0 Å². The quantitative estimate of drug-likeness (QED) is 0.0299. The minimum atomic E-state index is -4.12. The SMILES string of the molecule is CCC(CC)CCNS(=O)(=O)c1c(C)cc(C)c(C2=C3C=CC4=[N+]3C35n6c2ccc6C(c2c(C)cc(C)c(S(=O)(=O)NCCC(CC)CC)c2C)=C2C=CC(=[N+]23)C(c2c(C)cc(C)c(S(=O)(=O)NCCC(CC)CC)c2C)=c2ccc(n25)=C4c2c(C)cc(C)c(S(=O)(=O)NCCC(CC)CC)c2C)c1C. The second kappa shape index (κ2) is 29.3. The predicted molar refractivity (Wildman–Crippen MR) is 425 cm³/mol. The third-order valence-corrected chi connectivity index (χ3v) is 31.4. The summed E-state index contributed by atoms with van der Waals surface area (Å²) in [5.74, 6) is -0.0252. The van der Waals surface area contributed by atoms with Gasteiger partial charge in [-0.25, -0.2) is 52.6 Å². The predicted octanol–water partition coefficient (Wildman–Crippen LogP) is 14.5. The van der Waals surface area contributed by atoms with Gasteiger partial charge in [0.25, 0.3) is 0 Å². The lowest BCUT2D eigenvalue weighted by molar-refractivity contribution is -0.834. The molecule has 0 fully saturated rings. The van der Waals surface area contributed by atoms with E-state index in [1.54, 1.807) is 0 Å². The fourth-order valence-corrected chi connectivity index (χ4v) is 25.4. The van der Waals surface area contributed by atoms with Crippen molar-refractivity contribution in [2.75, 3.05) is 26.2 Å². The van der Waals surface area contributed by atoms with E-state index in [0.29, 0.717) is 93.9 Å². The van der Waals surface area contributed by atoms with Crippen molar-refractivity contribution in [1.29, 1.82) is 0 Å². The number of benzene rings is 4. The van der Waals surface area contributed by atoms with Crippen molar-refractivity contribution >= 4 is 73.8 Å². The highest BCUT2D eigenvalue weighted by Gasteiger charge is 2.73. The number of aryl methyl sites for hydroxylation is 8. The van der Waals surface area contributed by atoms with Crippen LogP contribution in [0.1, 0.15) is 233 Å². The molecule has 0 saturated heterocycles. The Kier molecular flexibility index (Phi) is 21.7. The zero-order chi connectivity index (χ0) is 76.2. The van der Waals surface area contributed by atoms with E-state index in [1.165, 1.54) is 0 Å². The number of sulfonamides is 4. The topological polar surface area (TPSA) is 201 Å². The number of allylic oxidation sites excluding steroid dienone is 4. The van der Waals surface area contributed by atoms with Gasteiger partial charge in [0.15, 0.2) is 0 Å². The normalized spacial score (nSPS) is 15.9. The van der Waals surface area contributed by atoms with Gasteiger partial charge in [0, 0.05) is 50.5 Å². The summed E-state index contributed by atoms with van der Waals surface area (Å²) >= 11 is 0. The van der Waals surface area contributed by atoms with Gasteiger partial charge in [-0.1, -0.05) is 140 Å². The Morgan fingerprint density at radius 3 is 0.829 bits per heavy atom. The van der Waals surface area contributed by atoms with E-state index >= 15 is 33.7 Å². The Morgan fingerprint density at radius 2 is 0.581 bits per heavy atom. The summed E-state index contributed by atoms with van der Waals surface area (Å²) < 4.78 is 144. The first-order valence-corrected chi connectivity index (χ1v) is 44.5. The summed E-state index contributed by atoms with van der Waals surface area (Å²) in [6.07, 6.45) is 18.9. The molecule has 0 unspecified atom stereocenters. The van der Waals surface area contributed by atoms with E-state index < -0.39 is 46.0 Å². The lowest BCUT2D eigenvalue weighted by Crippen LogP contribution is -2.71. The van der Waals surface area contributed by atoms with E-state index in [4.69, 9.17) is 0 Å². The van der Waals surface area contributed by atoms with Crippen LogP contribution in [0.4, 0.5) is 0 Å². The highest BCUT2D eigenvalue weighted by atomic mass is 32.2. The number of nitrogens with one attached hydrogen (secondary N) is 4. The van der Waals surface area contributed by atoms with Crippen LogP contribution in [0.25, 0.3) is 22.3 Å². The van der Waals surface area contributed by atoms with Crippen LogP contribution >= 0.6 is 0 Å². The third-order valence-electron chi connectivity index (χ3n) is 24.4. The number of hydrogen-bond donors (Lipinski definition) is 4. The van der Waals surface area contributed by atoms with E-state index in [1.807, 2.05) is 107 Å². The summed E-state index contributed by atoms with van der Waals surface area (Å²) in [4.78, 5) is 0.854. The zero-order valence-electron chi connectivity index (χ0n) is 65.7. The van der Waals surface area contributed by atoms with Gasteiger partial charge in [-0.05, 0) is 246 Å². The molecule has 105 heavy (non-hydrogen) atoms. The number of hydrogen-bond acceptors (Lipinski definition) is 8. The number of nitrogens with zero attached hydrogens (tertiary/aromatic N) is 4. The fraction of sp³-hybridized carbons (Fsp3) is 0.482. The largest absolute Gasteiger partial charge is 0.553 e. The second-order valence-electron chi connectivity index (χ2n) is 30.7. The third kappa shape index (κ3) is 12.5. The maximum atomic E-state index is 15.3. The van der Waals surface area contributed by atoms with Gasteiger partial charge >= 0.3 is 5.91 Å². The molecular weight excluding hydrogens is 1390 g/mol. The molecule has 2 aromatic heterocycles. The molecule has 0 bridgehead atoms. The Hall–Kier alpha value is -6.88. The summed E-state index contributed by atoms with van der Waals surface area (Å²) in [6.45, 7) is 41.6.